The van der Waals surface area contributed by atoms with Gasteiger partial charge in [-0.2, -0.15) is 0 Å². The molecule has 19 nitrogen and oxygen atoms in total. The maximum Gasteiger partial charge on any atom is 0.410 e. The van der Waals surface area contributed by atoms with Crippen LogP contribution in [0.1, 0.15) is 54.2 Å². The van der Waals surface area contributed by atoms with Crippen molar-refractivity contribution in [3.8, 4) is 17.0 Å². The number of pyridine rings is 1. The molecule has 362 valence electrons. The van der Waals surface area contributed by atoms with Gasteiger partial charge in [0, 0.05) is 75.9 Å². The standard InChI is InChI=1S/C47H46FN5O14S2/c1-24(54)63-40-41(64-25(2)55)43(65-26(3)56)46(67-42(40)45(59)60)66-35-13-10-28(19-33(35)51-36(57)15-18-68-69-37-7-5-6-16-49-37)23-62-47(61)53(4)22-27-8-11-29(12-9-27)39-31-14-17-50-44(58)32-20-30(48)21-34(52-39)38(31)32/h5-13,16,19-21,40-43,46,52H,14-15,17-18,22-23H2,1-4H3,(H,50,58)(H,51,57)(H,59,60)/t40-,41-,42-,43+,46?/m0/s1. The first-order valence-corrected chi connectivity index (χ1v) is 23.7. The van der Waals surface area contributed by atoms with Gasteiger partial charge in [0.25, 0.3) is 5.91 Å². The summed E-state index contributed by atoms with van der Waals surface area (Å²) in [7, 11) is 4.33. The number of anilines is 1. The van der Waals surface area contributed by atoms with Crippen molar-refractivity contribution in [2.45, 2.75) is 82.5 Å². The highest BCUT2D eigenvalue weighted by atomic mass is 33.1. The van der Waals surface area contributed by atoms with E-state index in [-0.39, 0.29) is 42.5 Å². The Bertz CT molecular complexity index is 2760. The quantitative estimate of drug-likeness (QED) is 0.0351. The topological polar surface area (TPSA) is 251 Å². The Hall–Kier alpha value is -7.17. The Labute approximate surface area is 401 Å². The summed E-state index contributed by atoms with van der Waals surface area (Å²) in [5, 5.41) is 17.1. The molecule has 2 aromatic heterocycles. The van der Waals surface area contributed by atoms with E-state index in [1.165, 1.54) is 56.8 Å². The minimum absolute atomic E-state index is 0.0208. The SMILES string of the molecule is CC(=O)O[C@H]1[C@H](OC(C)=O)[C@@H](OC(C)=O)C(Oc2ccc(COC(=O)N(C)Cc3ccc(-c4[nH]c5cc(F)cc6c5c4CCNC6=O)cc3)cc2NC(=O)CCSSc2ccccn2)O[C@@H]1C(=O)O. The van der Waals surface area contributed by atoms with Crippen molar-refractivity contribution < 1.29 is 71.5 Å². The van der Waals surface area contributed by atoms with Crippen LogP contribution in [0.3, 0.4) is 0 Å². The van der Waals surface area contributed by atoms with Gasteiger partial charge in [0.05, 0.1) is 11.3 Å². The average molecular weight is 988 g/mol. The van der Waals surface area contributed by atoms with Gasteiger partial charge < -0.3 is 54.0 Å². The third-order valence-electron chi connectivity index (χ3n) is 10.6. The van der Waals surface area contributed by atoms with Gasteiger partial charge in [0.1, 0.15) is 23.2 Å². The predicted molar refractivity (Wildman–Crippen MR) is 247 cm³/mol. The Morgan fingerprint density at radius 2 is 1.62 bits per heavy atom. The number of hydrogen-bond donors (Lipinski definition) is 4. The molecular weight excluding hydrogens is 942 g/mol. The fraction of sp³-hybridized carbons (Fsp3) is 0.319. The molecule has 1 saturated heterocycles. The number of aliphatic carboxylic acids is 1. The maximum atomic E-state index is 14.4. The molecule has 22 heteroatoms. The lowest BCUT2D eigenvalue weighted by Gasteiger charge is -2.42. The zero-order chi connectivity index (χ0) is 49.4. The summed E-state index contributed by atoms with van der Waals surface area (Å²) >= 11 is 0. The molecule has 3 aromatic carbocycles. The van der Waals surface area contributed by atoms with Crippen molar-refractivity contribution in [2.24, 2.45) is 0 Å². The second-order valence-corrected chi connectivity index (χ2v) is 18.2. The Kier molecular flexibility index (Phi) is 16.1. The van der Waals surface area contributed by atoms with E-state index in [9.17, 15) is 43.1 Å². The van der Waals surface area contributed by atoms with Crippen LogP contribution >= 0.6 is 21.6 Å². The predicted octanol–water partition coefficient (Wildman–Crippen LogP) is 6.18. The average Bonchev–Trinajstić information content (AvgIpc) is 3.57. The van der Waals surface area contributed by atoms with Gasteiger partial charge in [-0.3, -0.25) is 24.0 Å². The van der Waals surface area contributed by atoms with Crippen molar-refractivity contribution in [1.82, 2.24) is 20.2 Å². The number of aromatic amines is 1. The van der Waals surface area contributed by atoms with Crippen LogP contribution < -0.4 is 15.4 Å². The Morgan fingerprint density at radius 1 is 0.913 bits per heavy atom. The number of ether oxygens (including phenoxy) is 6. The number of carbonyl (C=O) groups excluding carboxylic acids is 6. The minimum atomic E-state index is -1.97. The molecule has 4 heterocycles. The van der Waals surface area contributed by atoms with Crippen molar-refractivity contribution in [3.63, 3.8) is 0 Å². The number of rotatable bonds is 17. The summed E-state index contributed by atoms with van der Waals surface area (Å²) in [5.41, 5.74) is 4.44. The minimum Gasteiger partial charge on any atom is -0.479 e. The number of H-pyrrole nitrogens is 1. The van der Waals surface area contributed by atoms with Crippen molar-refractivity contribution in [1.29, 1.82) is 0 Å². The van der Waals surface area contributed by atoms with E-state index >= 15 is 0 Å². The molecule has 0 spiro atoms. The van der Waals surface area contributed by atoms with Gasteiger partial charge in [-0.1, -0.05) is 47.2 Å². The number of carbonyl (C=O) groups is 7. The summed E-state index contributed by atoms with van der Waals surface area (Å²) in [4.78, 5) is 97.4. The number of carboxylic acids is 1. The fourth-order valence-corrected chi connectivity index (χ4v) is 9.58. The number of nitrogens with zero attached hydrogens (tertiary/aromatic N) is 2. The molecule has 5 aromatic rings. The van der Waals surface area contributed by atoms with Crippen LogP contribution in [-0.2, 0) is 67.2 Å². The highest BCUT2D eigenvalue weighted by Gasteiger charge is 2.55. The second-order valence-electron chi connectivity index (χ2n) is 15.8. The van der Waals surface area contributed by atoms with Crippen LogP contribution in [0.5, 0.6) is 5.75 Å². The summed E-state index contributed by atoms with van der Waals surface area (Å²) in [6.07, 6.45) is -7.41. The lowest BCUT2D eigenvalue weighted by Crippen LogP contribution is -2.64. The van der Waals surface area contributed by atoms with Gasteiger partial charge in [0.2, 0.25) is 18.3 Å². The second kappa shape index (κ2) is 22.3. The molecule has 3 amide bonds. The summed E-state index contributed by atoms with van der Waals surface area (Å²) in [5.74, 6) is -5.46. The molecule has 0 bridgehead atoms. The third kappa shape index (κ3) is 12.5. The molecule has 5 atom stereocenters. The highest BCUT2D eigenvalue weighted by molar-refractivity contribution is 8.76. The van der Waals surface area contributed by atoms with Crippen LogP contribution in [0.4, 0.5) is 14.9 Å². The molecule has 0 saturated carbocycles. The molecule has 7 rings (SSSR count). The van der Waals surface area contributed by atoms with E-state index in [1.807, 2.05) is 36.4 Å². The van der Waals surface area contributed by atoms with E-state index in [4.69, 9.17) is 28.4 Å². The van der Waals surface area contributed by atoms with E-state index in [0.29, 0.717) is 35.2 Å². The molecule has 0 aliphatic carbocycles. The number of nitrogens with one attached hydrogen (secondary N) is 3. The summed E-state index contributed by atoms with van der Waals surface area (Å²) < 4.78 is 47.9. The van der Waals surface area contributed by atoms with Crippen molar-refractivity contribution in [2.75, 3.05) is 24.7 Å². The number of halogens is 1. The number of carboxylic acid groups (broad SMARTS) is 1. The van der Waals surface area contributed by atoms with Crippen LogP contribution in [0.2, 0.25) is 0 Å². The zero-order valence-corrected chi connectivity index (χ0v) is 39.1. The zero-order valence-electron chi connectivity index (χ0n) is 37.5. The number of aromatic nitrogens is 2. The Morgan fingerprint density at radius 3 is 2.32 bits per heavy atom. The lowest BCUT2D eigenvalue weighted by molar-refractivity contribution is -0.281. The monoisotopic (exact) mass is 987 g/mol. The number of amides is 3. The van der Waals surface area contributed by atoms with Gasteiger partial charge in [-0.15, -0.1) is 0 Å². The largest absolute Gasteiger partial charge is 0.479 e. The Balaban J connectivity index is 1.07. The maximum absolute atomic E-state index is 14.4. The van der Waals surface area contributed by atoms with Crippen molar-refractivity contribution in [3.05, 3.63) is 107 Å². The van der Waals surface area contributed by atoms with E-state index in [2.05, 4.69) is 20.6 Å². The van der Waals surface area contributed by atoms with Gasteiger partial charge in [-0.25, -0.2) is 19.0 Å². The first kappa shape index (κ1) is 49.7. The van der Waals surface area contributed by atoms with E-state index in [1.54, 1.807) is 19.3 Å². The van der Waals surface area contributed by atoms with E-state index < -0.39 is 72.4 Å². The number of esters is 3. The normalized spacial score (nSPS) is 18.5. The highest BCUT2D eigenvalue weighted by Crippen LogP contribution is 2.37. The molecule has 0 radical (unpaired) electrons. The van der Waals surface area contributed by atoms with E-state index in [0.717, 1.165) is 48.2 Å². The molecule has 1 unspecified atom stereocenters. The van der Waals surface area contributed by atoms with Crippen LogP contribution in [0, 0.1) is 5.82 Å². The molecular formula is C47H46FN5O14S2. The third-order valence-corrected chi connectivity index (χ3v) is 12.9. The molecule has 2 aliphatic heterocycles. The van der Waals surface area contributed by atoms with Crippen LogP contribution in [0.25, 0.3) is 22.2 Å². The number of hydrogen-bond acceptors (Lipinski definition) is 16. The molecule has 1 fully saturated rings. The van der Waals surface area contributed by atoms with Gasteiger partial charge in [0.15, 0.2) is 18.3 Å². The van der Waals surface area contributed by atoms with Crippen LogP contribution in [-0.4, -0.2) is 112 Å². The van der Waals surface area contributed by atoms with Crippen LogP contribution in [0.15, 0.2) is 84.0 Å². The summed E-state index contributed by atoms with van der Waals surface area (Å²) in [6, 6.07) is 19.8. The van der Waals surface area contributed by atoms with Gasteiger partial charge >= 0.3 is 30.0 Å². The smallest absolute Gasteiger partial charge is 0.410 e. The molecule has 69 heavy (non-hydrogen) atoms. The lowest BCUT2D eigenvalue weighted by atomic mass is 9.97. The fourth-order valence-electron chi connectivity index (χ4n) is 7.71. The first-order valence-electron chi connectivity index (χ1n) is 21.3. The molecule has 4 N–H and O–H groups in total. The van der Waals surface area contributed by atoms with Gasteiger partial charge in [-0.05, 0) is 75.9 Å². The number of benzene rings is 3. The molecule has 2 aliphatic rings. The first-order chi connectivity index (χ1) is 33.0. The summed E-state index contributed by atoms with van der Waals surface area (Å²) in [6.45, 7) is 3.33. The van der Waals surface area contributed by atoms with Crippen molar-refractivity contribution >= 4 is 80.0 Å².